The van der Waals surface area contributed by atoms with Crippen LogP contribution in [0, 0.1) is 5.92 Å². The zero-order valence-electron chi connectivity index (χ0n) is 11.6. The predicted octanol–water partition coefficient (Wildman–Crippen LogP) is 0.874. The van der Waals surface area contributed by atoms with Crippen LogP contribution in [0.25, 0.3) is 10.2 Å². The fourth-order valence-electron chi connectivity index (χ4n) is 2.62. The van der Waals surface area contributed by atoms with Gasteiger partial charge in [0.1, 0.15) is 4.83 Å². The Kier molecular flexibility index (Phi) is 3.66. The highest BCUT2D eigenvalue weighted by Crippen LogP contribution is 2.36. The molecule has 0 radical (unpaired) electrons. The van der Waals surface area contributed by atoms with Crippen LogP contribution in [0.15, 0.2) is 9.95 Å². The first kappa shape index (κ1) is 14.4. The Balaban J connectivity index is 2.12. The lowest BCUT2D eigenvalue weighted by molar-refractivity contribution is -0.115. The molecule has 1 aliphatic rings. The molecule has 2 aromatic rings. The van der Waals surface area contributed by atoms with Crippen molar-refractivity contribution in [3.8, 4) is 0 Å². The van der Waals surface area contributed by atoms with Gasteiger partial charge in [-0.05, 0) is 30.7 Å². The smallest absolute Gasteiger partial charge is 0.281 e. The summed E-state index contributed by atoms with van der Waals surface area (Å²) in [5.74, 6) is 6.05. The molecule has 1 aliphatic carbocycles. The highest BCUT2D eigenvalue weighted by molar-refractivity contribution is 7.99. The lowest BCUT2D eigenvalue weighted by atomic mass is 9.89. The van der Waals surface area contributed by atoms with Crippen molar-refractivity contribution in [2.75, 3.05) is 11.6 Å². The molecule has 4 N–H and O–H groups in total. The summed E-state index contributed by atoms with van der Waals surface area (Å²) in [6.07, 6.45) is 2.98. The maximum absolute atomic E-state index is 12.5. The summed E-state index contributed by atoms with van der Waals surface area (Å²) in [5.41, 5.74) is 5.99. The van der Waals surface area contributed by atoms with Gasteiger partial charge in [-0.1, -0.05) is 18.7 Å². The number of thiophene rings is 1. The van der Waals surface area contributed by atoms with Crippen LogP contribution >= 0.6 is 23.1 Å². The minimum absolute atomic E-state index is 0.0528. The molecule has 0 aliphatic heterocycles. The van der Waals surface area contributed by atoms with Crippen LogP contribution in [-0.2, 0) is 17.6 Å². The molecule has 0 saturated heterocycles. The molecule has 2 heterocycles. The second-order valence-corrected chi connectivity index (χ2v) is 7.38. The lowest BCUT2D eigenvalue weighted by Crippen LogP contribution is -2.30. The number of nitrogens with zero attached hydrogens (tertiary/aromatic N) is 2. The summed E-state index contributed by atoms with van der Waals surface area (Å²) in [6, 6.07) is 0. The summed E-state index contributed by atoms with van der Waals surface area (Å²) in [6.45, 7) is 2.22. The molecule has 0 spiro atoms. The Morgan fingerprint density at radius 2 is 2.33 bits per heavy atom. The van der Waals surface area contributed by atoms with E-state index in [9.17, 15) is 9.59 Å². The van der Waals surface area contributed by atoms with E-state index < -0.39 is 5.91 Å². The van der Waals surface area contributed by atoms with Gasteiger partial charge in [0.15, 0.2) is 5.16 Å². The molecule has 0 fully saturated rings. The van der Waals surface area contributed by atoms with Gasteiger partial charge in [0.25, 0.3) is 5.56 Å². The van der Waals surface area contributed by atoms with Crippen molar-refractivity contribution in [3.63, 3.8) is 0 Å². The number of primary amides is 1. The monoisotopic (exact) mass is 324 g/mol. The maximum Gasteiger partial charge on any atom is 0.281 e. The Morgan fingerprint density at radius 1 is 1.57 bits per heavy atom. The Hall–Kier alpha value is -1.54. The zero-order valence-corrected chi connectivity index (χ0v) is 13.2. The van der Waals surface area contributed by atoms with E-state index >= 15 is 0 Å². The Labute approximate surface area is 129 Å². The van der Waals surface area contributed by atoms with Gasteiger partial charge in [0, 0.05) is 4.88 Å². The molecule has 8 heteroatoms. The van der Waals surface area contributed by atoms with Crippen molar-refractivity contribution in [2.24, 2.45) is 11.7 Å². The first-order chi connectivity index (χ1) is 9.97. The highest BCUT2D eigenvalue weighted by Gasteiger charge is 2.24. The number of nitrogens with two attached hydrogens (primary N) is 2. The number of carbonyl (C=O) groups is 1. The van der Waals surface area contributed by atoms with Gasteiger partial charge in [0.2, 0.25) is 5.91 Å². The third kappa shape index (κ3) is 2.53. The average Bonchev–Trinajstić information content (AvgIpc) is 2.78. The fraction of sp³-hybridized carbons (Fsp3) is 0.462. The number of aromatic nitrogens is 2. The van der Waals surface area contributed by atoms with Crippen molar-refractivity contribution in [3.05, 3.63) is 20.8 Å². The first-order valence-corrected chi connectivity index (χ1v) is 8.51. The summed E-state index contributed by atoms with van der Waals surface area (Å²) in [7, 11) is 0. The predicted molar refractivity (Wildman–Crippen MR) is 85.1 cm³/mol. The summed E-state index contributed by atoms with van der Waals surface area (Å²) in [5, 5.41) is 0.978. The second-order valence-electron chi connectivity index (χ2n) is 5.36. The van der Waals surface area contributed by atoms with Gasteiger partial charge < -0.3 is 11.6 Å². The summed E-state index contributed by atoms with van der Waals surface area (Å²) in [4.78, 5) is 29.8. The largest absolute Gasteiger partial charge is 0.369 e. The van der Waals surface area contributed by atoms with Crippen molar-refractivity contribution in [1.29, 1.82) is 0 Å². The number of nitrogen functional groups attached to an aromatic ring is 1. The first-order valence-electron chi connectivity index (χ1n) is 6.71. The van der Waals surface area contributed by atoms with Crippen LogP contribution < -0.4 is 17.1 Å². The number of hydrogen-bond donors (Lipinski definition) is 2. The van der Waals surface area contributed by atoms with Crippen LogP contribution in [0.1, 0.15) is 23.8 Å². The number of aryl methyl sites for hydroxylation is 1. The normalized spacial score (nSPS) is 17.9. The standard InChI is InChI=1S/C13H16N4O2S2/c1-6-2-3-7-8(4-6)21-11-10(7)12(19)17(15)13(16-11)20-5-9(14)18/h6H,2-5,15H2,1H3,(H2,14,18)/t6-/m1/s1. The number of rotatable bonds is 3. The molecule has 1 atom stereocenters. The van der Waals surface area contributed by atoms with Crippen LogP contribution in [-0.4, -0.2) is 21.3 Å². The summed E-state index contributed by atoms with van der Waals surface area (Å²) < 4.78 is 1.03. The van der Waals surface area contributed by atoms with Gasteiger partial charge in [0.05, 0.1) is 11.1 Å². The van der Waals surface area contributed by atoms with Crippen molar-refractivity contribution in [2.45, 2.75) is 31.3 Å². The van der Waals surface area contributed by atoms with Gasteiger partial charge in [-0.15, -0.1) is 11.3 Å². The number of hydrogen-bond acceptors (Lipinski definition) is 6. The molecule has 21 heavy (non-hydrogen) atoms. The van der Waals surface area contributed by atoms with E-state index in [1.165, 1.54) is 4.88 Å². The maximum atomic E-state index is 12.5. The average molecular weight is 324 g/mol. The number of thioether (sulfide) groups is 1. The van der Waals surface area contributed by atoms with E-state index in [4.69, 9.17) is 11.6 Å². The van der Waals surface area contributed by atoms with E-state index in [0.29, 0.717) is 21.3 Å². The fourth-order valence-corrected chi connectivity index (χ4v) is 4.70. The molecule has 112 valence electrons. The quantitative estimate of drug-likeness (QED) is 0.495. The zero-order chi connectivity index (χ0) is 15.1. The van der Waals surface area contributed by atoms with Crippen LogP contribution in [0.3, 0.4) is 0 Å². The molecule has 0 aromatic carbocycles. The highest BCUT2D eigenvalue weighted by atomic mass is 32.2. The van der Waals surface area contributed by atoms with Gasteiger partial charge >= 0.3 is 0 Å². The third-order valence-corrected chi connectivity index (χ3v) is 5.80. The SMILES string of the molecule is C[C@@H]1CCc2c(sc3nc(SCC(N)=O)n(N)c(=O)c23)C1. The molecule has 2 aromatic heterocycles. The second kappa shape index (κ2) is 5.34. The number of amides is 1. The molecule has 3 rings (SSSR count). The Morgan fingerprint density at radius 3 is 3.05 bits per heavy atom. The van der Waals surface area contributed by atoms with Crippen molar-refractivity contribution >= 4 is 39.2 Å². The van der Waals surface area contributed by atoms with E-state index in [1.54, 1.807) is 11.3 Å². The van der Waals surface area contributed by atoms with Gasteiger partial charge in [-0.2, -0.15) is 0 Å². The van der Waals surface area contributed by atoms with Crippen LogP contribution in [0.2, 0.25) is 0 Å². The minimum Gasteiger partial charge on any atom is -0.369 e. The van der Waals surface area contributed by atoms with E-state index in [0.717, 1.165) is 41.3 Å². The van der Waals surface area contributed by atoms with E-state index in [2.05, 4.69) is 11.9 Å². The van der Waals surface area contributed by atoms with E-state index in [1.807, 2.05) is 0 Å². The van der Waals surface area contributed by atoms with E-state index in [-0.39, 0.29) is 11.3 Å². The van der Waals surface area contributed by atoms with Gasteiger partial charge in [-0.3, -0.25) is 9.59 Å². The van der Waals surface area contributed by atoms with Crippen LogP contribution in [0.5, 0.6) is 0 Å². The molecular weight excluding hydrogens is 308 g/mol. The molecule has 0 unspecified atom stereocenters. The topological polar surface area (TPSA) is 104 Å². The van der Waals surface area contributed by atoms with Crippen molar-refractivity contribution < 1.29 is 4.79 Å². The van der Waals surface area contributed by atoms with Crippen molar-refractivity contribution in [1.82, 2.24) is 9.66 Å². The molecular formula is C13H16N4O2S2. The minimum atomic E-state index is -0.464. The lowest BCUT2D eigenvalue weighted by Gasteiger charge is -2.17. The number of fused-ring (bicyclic) bond motifs is 3. The van der Waals surface area contributed by atoms with Gasteiger partial charge in [-0.25, -0.2) is 9.66 Å². The molecule has 0 saturated carbocycles. The number of carbonyl (C=O) groups excluding carboxylic acids is 1. The molecule has 0 bridgehead atoms. The third-order valence-electron chi connectivity index (χ3n) is 3.67. The molecule has 1 amide bonds. The molecule has 6 nitrogen and oxygen atoms in total. The van der Waals surface area contributed by atoms with Crippen LogP contribution in [0.4, 0.5) is 0 Å². The summed E-state index contributed by atoms with van der Waals surface area (Å²) >= 11 is 2.65. The Bertz CT molecular complexity index is 781.